The average molecular weight is 252 g/mol. The standard InChI is InChI=1S/C15H28N2O/c1-2-12-7-8-17(10-12)11-15-6-5-14(18-15)9-16-13-3-4-13/h12-16H,2-11H2,1H3. The van der Waals surface area contributed by atoms with Gasteiger partial charge in [-0.05, 0) is 44.6 Å². The van der Waals surface area contributed by atoms with Crippen LogP contribution in [0.5, 0.6) is 0 Å². The summed E-state index contributed by atoms with van der Waals surface area (Å²) >= 11 is 0. The Morgan fingerprint density at radius 1 is 1.11 bits per heavy atom. The molecule has 3 nitrogen and oxygen atoms in total. The second kappa shape index (κ2) is 5.89. The van der Waals surface area contributed by atoms with Crippen molar-refractivity contribution in [3.63, 3.8) is 0 Å². The van der Waals surface area contributed by atoms with Crippen molar-refractivity contribution in [1.29, 1.82) is 0 Å². The molecule has 1 saturated carbocycles. The molecule has 0 amide bonds. The van der Waals surface area contributed by atoms with Crippen molar-refractivity contribution in [2.75, 3.05) is 26.2 Å². The first-order chi connectivity index (χ1) is 8.83. The molecule has 3 atom stereocenters. The van der Waals surface area contributed by atoms with Gasteiger partial charge in [0.05, 0.1) is 12.2 Å². The first-order valence-electron chi connectivity index (χ1n) is 7.94. The van der Waals surface area contributed by atoms with Crippen LogP contribution < -0.4 is 5.32 Å². The topological polar surface area (TPSA) is 24.5 Å². The summed E-state index contributed by atoms with van der Waals surface area (Å²) < 4.78 is 6.17. The molecule has 2 heterocycles. The van der Waals surface area contributed by atoms with Crippen molar-refractivity contribution in [3.05, 3.63) is 0 Å². The smallest absolute Gasteiger partial charge is 0.0707 e. The maximum atomic E-state index is 6.17. The van der Waals surface area contributed by atoms with Gasteiger partial charge >= 0.3 is 0 Å². The second-order valence-corrected chi connectivity index (χ2v) is 6.46. The Morgan fingerprint density at radius 2 is 1.94 bits per heavy atom. The average Bonchev–Trinajstić information content (AvgIpc) is 2.93. The van der Waals surface area contributed by atoms with E-state index in [0.717, 1.165) is 18.5 Å². The molecule has 18 heavy (non-hydrogen) atoms. The summed E-state index contributed by atoms with van der Waals surface area (Å²) in [6.07, 6.45) is 9.02. The third kappa shape index (κ3) is 3.46. The zero-order valence-corrected chi connectivity index (χ0v) is 11.7. The van der Waals surface area contributed by atoms with Crippen molar-refractivity contribution in [2.45, 2.75) is 63.7 Å². The number of nitrogens with one attached hydrogen (secondary N) is 1. The van der Waals surface area contributed by atoms with Gasteiger partial charge in [-0.15, -0.1) is 0 Å². The predicted octanol–water partition coefficient (Wildman–Crippen LogP) is 2.02. The lowest BCUT2D eigenvalue weighted by molar-refractivity contribution is 0.0267. The van der Waals surface area contributed by atoms with Crippen LogP contribution in [-0.2, 0) is 4.74 Å². The Bertz CT molecular complexity index is 267. The van der Waals surface area contributed by atoms with Gasteiger partial charge in [0, 0.05) is 25.7 Å². The lowest BCUT2D eigenvalue weighted by Crippen LogP contribution is -2.33. The summed E-state index contributed by atoms with van der Waals surface area (Å²) in [7, 11) is 0. The van der Waals surface area contributed by atoms with Gasteiger partial charge in [0.1, 0.15) is 0 Å². The van der Waals surface area contributed by atoms with Crippen LogP contribution in [-0.4, -0.2) is 49.3 Å². The fraction of sp³-hybridized carbons (Fsp3) is 1.00. The molecule has 3 aliphatic rings. The third-order valence-electron chi connectivity index (χ3n) is 4.82. The number of rotatable bonds is 6. The molecule has 0 aromatic carbocycles. The Labute approximate surface area is 111 Å². The highest BCUT2D eigenvalue weighted by atomic mass is 16.5. The largest absolute Gasteiger partial charge is 0.372 e. The first-order valence-corrected chi connectivity index (χ1v) is 7.94. The normalized spacial score (nSPS) is 37.5. The highest BCUT2D eigenvalue weighted by molar-refractivity contribution is 4.85. The minimum atomic E-state index is 0.486. The molecule has 0 radical (unpaired) electrons. The quantitative estimate of drug-likeness (QED) is 0.783. The first kappa shape index (κ1) is 12.9. The lowest BCUT2D eigenvalue weighted by Gasteiger charge is -2.21. The van der Waals surface area contributed by atoms with Gasteiger partial charge in [-0.2, -0.15) is 0 Å². The third-order valence-corrected chi connectivity index (χ3v) is 4.82. The molecule has 0 bridgehead atoms. The van der Waals surface area contributed by atoms with E-state index in [1.165, 1.54) is 58.2 Å². The second-order valence-electron chi connectivity index (χ2n) is 6.46. The summed E-state index contributed by atoms with van der Waals surface area (Å²) in [5.41, 5.74) is 0. The van der Waals surface area contributed by atoms with Crippen LogP contribution in [0.2, 0.25) is 0 Å². The highest BCUT2D eigenvalue weighted by Gasteiger charge is 2.30. The maximum absolute atomic E-state index is 6.17. The number of hydrogen-bond acceptors (Lipinski definition) is 3. The van der Waals surface area contributed by atoms with Crippen molar-refractivity contribution in [1.82, 2.24) is 10.2 Å². The van der Waals surface area contributed by atoms with Crippen LogP contribution in [0.3, 0.4) is 0 Å². The Morgan fingerprint density at radius 3 is 2.67 bits per heavy atom. The SMILES string of the molecule is CCC1CCN(CC2CCC(CNC3CC3)O2)C1. The van der Waals surface area contributed by atoms with Crippen molar-refractivity contribution in [2.24, 2.45) is 5.92 Å². The summed E-state index contributed by atoms with van der Waals surface area (Å²) in [5.74, 6) is 0.943. The molecule has 1 N–H and O–H groups in total. The van der Waals surface area contributed by atoms with E-state index in [1.54, 1.807) is 0 Å². The number of hydrogen-bond donors (Lipinski definition) is 1. The van der Waals surface area contributed by atoms with Gasteiger partial charge in [-0.1, -0.05) is 13.3 Å². The molecule has 0 spiro atoms. The molecule has 0 aromatic heterocycles. The number of likely N-dealkylation sites (tertiary alicyclic amines) is 1. The fourth-order valence-electron chi connectivity index (χ4n) is 3.35. The molecule has 104 valence electrons. The van der Waals surface area contributed by atoms with Crippen LogP contribution in [0.25, 0.3) is 0 Å². The van der Waals surface area contributed by atoms with Crippen LogP contribution >= 0.6 is 0 Å². The van der Waals surface area contributed by atoms with Crippen LogP contribution in [0.4, 0.5) is 0 Å². The molecule has 2 aliphatic heterocycles. The van der Waals surface area contributed by atoms with Crippen LogP contribution in [0.15, 0.2) is 0 Å². The van der Waals surface area contributed by atoms with Gasteiger partial charge in [0.25, 0.3) is 0 Å². The minimum Gasteiger partial charge on any atom is -0.372 e. The summed E-state index contributed by atoms with van der Waals surface area (Å²) in [6, 6.07) is 0.816. The number of nitrogens with zero attached hydrogens (tertiary/aromatic N) is 1. The van der Waals surface area contributed by atoms with Crippen LogP contribution in [0, 0.1) is 5.92 Å². The van der Waals surface area contributed by atoms with E-state index in [4.69, 9.17) is 4.74 Å². The van der Waals surface area contributed by atoms with E-state index in [9.17, 15) is 0 Å². The highest BCUT2D eigenvalue weighted by Crippen LogP contribution is 2.25. The van der Waals surface area contributed by atoms with E-state index in [2.05, 4.69) is 17.1 Å². The van der Waals surface area contributed by atoms with Gasteiger partial charge in [-0.25, -0.2) is 0 Å². The molecule has 3 fully saturated rings. The van der Waals surface area contributed by atoms with Gasteiger partial charge < -0.3 is 15.0 Å². The van der Waals surface area contributed by atoms with Gasteiger partial charge in [0.15, 0.2) is 0 Å². The summed E-state index contributed by atoms with van der Waals surface area (Å²) in [6.45, 7) is 7.18. The fourth-order valence-corrected chi connectivity index (χ4v) is 3.35. The zero-order chi connectivity index (χ0) is 12.4. The Hall–Kier alpha value is -0.120. The molecule has 3 unspecified atom stereocenters. The maximum Gasteiger partial charge on any atom is 0.0707 e. The Balaban J connectivity index is 1.34. The van der Waals surface area contributed by atoms with Gasteiger partial charge in [0.2, 0.25) is 0 Å². The molecular formula is C15H28N2O. The van der Waals surface area contributed by atoms with Crippen molar-refractivity contribution >= 4 is 0 Å². The zero-order valence-electron chi connectivity index (χ0n) is 11.7. The van der Waals surface area contributed by atoms with E-state index in [1.807, 2.05) is 0 Å². The van der Waals surface area contributed by atoms with Crippen LogP contribution in [0.1, 0.15) is 45.4 Å². The van der Waals surface area contributed by atoms with E-state index >= 15 is 0 Å². The van der Waals surface area contributed by atoms with E-state index in [0.29, 0.717) is 12.2 Å². The van der Waals surface area contributed by atoms with Crippen molar-refractivity contribution in [3.8, 4) is 0 Å². The van der Waals surface area contributed by atoms with Gasteiger partial charge in [-0.3, -0.25) is 0 Å². The molecule has 3 rings (SSSR count). The molecular weight excluding hydrogens is 224 g/mol. The molecule has 1 aliphatic carbocycles. The molecule has 0 aromatic rings. The Kier molecular flexibility index (Phi) is 4.22. The summed E-state index contributed by atoms with van der Waals surface area (Å²) in [4.78, 5) is 2.62. The predicted molar refractivity (Wildman–Crippen MR) is 73.8 cm³/mol. The molecule has 3 heteroatoms. The number of ether oxygens (including phenoxy) is 1. The summed E-state index contributed by atoms with van der Waals surface area (Å²) in [5, 5.41) is 3.59. The monoisotopic (exact) mass is 252 g/mol. The van der Waals surface area contributed by atoms with Crippen molar-refractivity contribution < 1.29 is 4.74 Å². The van der Waals surface area contributed by atoms with E-state index in [-0.39, 0.29) is 0 Å². The van der Waals surface area contributed by atoms with E-state index < -0.39 is 0 Å². The minimum absolute atomic E-state index is 0.486. The molecule has 2 saturated heterocycles. The lowest BCUT2D eigenvalue weighted by atomic mass is 10.1.